The monoisotopic (exact) mass is 452 g/mol. The topological polar surface area (TPSA) is 162 Å². The highest BCUT2D eigenvalue weighted by Crippen LogP contribution is 2.65. The average Bonchev–Trinajstić information content (AvgIpc) is 3.50. The van der Waals surface area contributed by atoms with Gasteiger partial charge in [-0.3, -0.25) is 14.4 Å². The van der Waals surface area contributed by atoms with E-state index in [1.807, 2.05) is 13.8 Å². The molecular formula is C22H36N4O6. The Morgan fingerprint density at radius 2 is 1.75 bits per heavy atom. The minimum Gasteiger partial charge on any atom is -0.465 e. The predicted octanol–water partition coefficient (Wildman–Crippen LogP) is 0.283. The SMILES string of the molecule is CC(C)(C)C(NC(=O)O)C(=O)N1C[C@H]2[C@@H]([C@H]1C(=O)NC(CC1CC1)C(O)C(N)=O)C2(C)C. The zero-order chi connectivity index (χ0) is 24.2. The first-order valence-corrected chi connectivity index (χ1v) is 11.2. The van der Waals surface area contributed by atoms with Gasteiger partial charge in [0.05, 0.1) is 6.04 Å². The molecule has 0 aromatic rings. The third-order valence-corrected chi connectivity index (χ3v) is 7.43. The second kappa shape index (κ2) is 8.20. The Morgan fingerprint density at radius 1 is 1.16 bits per heavy atom. The summed E-state index contributed by atoms with van der Waals surface area (Å²) >= 11 is 0. The van der Waals surface area contributed by atoms with Gasteiger partial charge in [-0.15, -0.1) is 0 Å². The quantitative estimate of drug-likeness (QED) is 0.355. The van der Waals surface area contributed by atoms with Gasteiger partial charge in [-0.25, -0.2) is 4.79 Å². The maximum atomic E-state index is 13.4. The van der Waals surface area contributed by atoms with Crippen molar-refractivity contribution in [2.45, 2.75) is 78.1 Å². The number of amides is 4. The summed E-state index contributed by atoms with van der Waals surface area (Å²) in [6.07, 6.45) is -0.434. The molecule has 10 heteroatoms. The predicted molar refractivity (Wildman–Crippen MR) is 115 cm³/mol. The lowest BCUT2D eigenvalue weighted by Crippen LogP contribution is -2.60. The number of likely N-dealkylation sites (tertiary alicyclic amines) is 1. The van der Waals surface area contributed by atoms with E-state index in [1.165, 1.54) is 4.90 Å². The molecule has 6 N–H and O–H groups in total. The number of primary amides is 1. The number of piperidine rings is 1. The molecule has 0 spiro atoms. The van der Waals surface area contributed by atoms with Crippen molar-refractivity contribution in [1.29, 1.82) is 0 Å². The van der Waals surface area contributed by atoms with E-state index < -0.39 is 53.5 Å². The molecule has 6 atom stereocenters. The minimum absolute atomic E-state index is 0.0795. The minimum atomic E-state index is -1.51. The number of aliphatic hydroxyl groups is 1. The lowest BCUT2D eigenvalue weighted by atomic mass is 9.85. The van der Waals surface area contributed by atoms with Crippen molar-refractivity contribution in [1.82, 2.24) is 15.5 Å². The first-order valence-electron chi connectivity index (χ1n) is 11.2. The van der Waals surface area contributed by atoms with Crippen LogP contribution in [-0.4, -0.2) is 69.7 Å². The molecule has 2 aliphatic carbocycles. The lowest BCUT2D eigenvalue weighted by molar-refractivity contribution is -0.144. The van der Waals surface area contributed by atoms with Crippen LogP contribution >= 0.6 is 0 Å². The number of nitrogens with zero attached hydrogens (tertiary/aromatic N) is 1. The van der Waals surface area contributed by atoms with Gasteiger partial charge >= 0.3 is 6.09 Å². The van der Waals surface area contributed by atoms with Crippen LogP contribution < -0.4 is 16.4 Å². The van der Waals surface area contributed by atoms with E-state index in [2.05, 4.69) is 10.6 Å². The van der Waals surface area contributed by atoms with Crippen LogP contribution in [0.25, 0.3) is 0 Å². The first kappa shape index (κ1) is 24.3. The molecule has 0 radical (unpaired) electrons. The van der Waals surface area contributed by atoms with E-state index >= 15 is 0 Å². The van der Waals surface area contributed by atoms with Gasteiger partial charge in [0.1, 0.15) is 12.1 Å². The summed E-state index contributed by atoms with van der Waals surface area (Å²) in [5, 5.41) is 24.6. The van der Waals surface area contributed by atoms with E-state index in [1.54, 1.807) is 20.8 Å². The number of nitrogens with one attached hydrogen (secondary N) is 2. The molecular weight excluding hydrogens is 416 g/mol. The number of carboxylic acid groups (broad SMARTS) is 1. The van der Waals surface area contributed by atoms with Crippen LogP contribution in [-0.2, 0) is 14.4 Å². The summed E-state index contributed by atoms with van der Waals surface area (Å²) < 4.78 is 0. The van der Waals surface area contributed by atoms with Gasteiger partial charge in [0.15, 0.2) is 6.10 Å². The highest BCUT2D eigenvalue weighted by molar-refractivity contribution is 5.93. The second-order valence-electron chi connectivity index (χ2n) is 11.3. The molecule has 1 saturated heterocycles. The standard InChI is InChI=1S/C22H36N4O6/c1-21(2,3)16(25-20(31)32)19(30)26-9-11-13(22(11,4)5)14(26)18(29)24-12(8-10-6-7-10)15(27)17(23)28/h10-16,25,27H,6-9H2,1-5H3,(H2,23,28)(H,24,29)(H,31,32)/t11-,12?,13-,14-,15?,16?/m0/s1. The van der Waals surface area contributed by atoms with Crippen molar-refractivity contribution < 1.29 is 29.4 Å². The normalized spacial score (nSPS) is 28.8. The summed E-state index contributed by atoms with van der Waals surface area (Å²) in [6.45, 7) is 9.72. The number of nitrogens with two attached hydrogens (primary N) is 1. The molecule has 0 bridgehead atoms. The van der Waals surface area contributed by atoms with Gasteiger partial charge in [0, 0.05) is 6.54 Å². The number of aliphatic hydroxyl groups excluding tert-OH is 1. The Labute approximate surface area is 188 Å². The van der Waals surface area contributed by atoms with Crippen LogP contribution in [0.3, 0.4) is 0 Å². The van der Waals surface area contributed by atoms with Gasteiger partial charge in [-0.2, -0.15) is 0 Å². The molecule has 0 aromatic carbocycles. The molecule has 32 heavy (non-hydrogen) atoms. The second-order valence-corrected chi connectivity index (χ2v) is 11.3. The fourth-order valence-electron chi connectivity index (χ4n) is 5.20. The van der Waals surface area contributed by atoms with E-state index in [-0.39, 0.29) is 17.3 Å². The van der Waals surface area contributed by atoms with Crippen LogP contribution in [0.5, 0.6) is 0 Å². The van der Waals surface area contributed by atoms with Crippen LogP contribution in [0.2, 0.25) is 0 Å². The Morgan fingerprint density at radius 3 is 2.22 bits per heavy atom. The Kier molecular flexibility index (Phi) is 6.23. The summed E-state index contributed by atoms with van der Waals surface area (Å²) in [7, 11) is 0. The maximum absolute atomic E-state index is 13.4. The van der Waals surface area contributed by atoms with Gasteiger partial charge in [-0.05, 0) is 35.0 Å². The van der Waals surface area contributed by atoms with Gasteiger partial charge < -0.3 is 31.5 Å². The Bertz CT molecular complexity index is 803. The van der Waals surface area contributed by atoms with E-state index in [0.29, 0.717) is 18.9 Å². The first-order chi connectivity index (χ1) is 14.7. The molecule has 2 saturated carbocycles. The smallest absolute Gasteiger partial charge is 0.405 e. The summed E-state index contributed by atoms with van der Waals surface area (Å²) in [6, 6.07) is -2.64. The Hall–Kier alpha value is -2.36. The largest absolute Gasteiger partial charge is 0.465 e. The molecule has 180 valence electrons. The highest BCUT2D eigenvalue weighted by atomic mass is 16.4. The van der Waals surface area contributed by atoms with Crippen molar-refractivity contribution in [3.63, 3.8) is 0 Å². The van der Waals surface area contributed by atoms with Crippen LogP contribution in [0.15, 0.2) is 0 Å². The highest BCUT2D eigenvalue weighted by Gasteiger charge is 2.69. The van der Waals surface area contributed by atoms with Crippen molar-refractivity contribution in [3.8, 4) is 0 Å². The summed E-state index contributed by atoms with van der Waals surface area (Å²) in [5.74, 6) is -1.42. The summed E-state index contributed by atoms with van der Waals surface area (Å²) in [4.78, 5) is 51.2. The van der Waals surface area contributed by atoms with E-state index in [0.717, 1.165) is 12.8 Å². The maximum Gasteiger partial charge on any atom is 0.405 e. The number of carbonyl (C=O) groups excluding carboxylic acids is 3. The number of carbonyl (C=O) groups is 4. The van der Waals surface area contributed by atoms with Crippen LogP contribution in [0, 0.1) is 28.6 Å². The molecule has 4 amide bonds. The molecule has 1 heterocycles. The lowest BCUT2D eigenvalue weighted by Gasteiger charge is -2.37. The molecule has 3 unspecified atom stereocenters. The molecule has 0 aromatic heterocycles. The molecule has 1 aliphatic heterocycles. The number of hydrogen-bond donors (Lipinski definition) is 5. The summed E-state index contributed by atoms with van der Waals surface area (Å²) in [5.41, 5.74) is 4.45. The Balaban J connectivity index is 1.83. The number of fused-ring (bicyclic) bond motifs is 1. The van der Waals surface area contributed by atoms with Crippen molar-refractivity contribution in [2.75, 3.05) is 6.54 Å². The third kappa shape index (κ3) is 4.69. The fourth-order valence-corrected chi connectivity index (χ4v) is 5.20. The molecule has 3 rings (SSSR count). The van der Waals surface area contributed by atoms with E-state index in [9.17, 15) is 29.4 Å². The van der Waals surface area contributed by atoms with Gasteiger partial charge in [0.2, 0.25) is 17.7 Å². The number of rotatable bonds is 8. The van der Waals surface area contributed by atoms with E-state index in [4.69, 9.17) is 5.73 Å². The fraction of sp³-hybridized carbons (Fsp3) is 0.818. The molecule has 3 fully saturated rings. The van der Waals surface area contributed by atoms with Crippen molar-refractivity contribution in [3.05, 3.63) is 0 Å². The van der Waals surface area contributed by atoms with Crippen LogP contribution in [0.1, 0.15) is 53.9 Å². The van der Waals surface area contributed by atoms with Gasteiger partial charge in [0.25, 0.3) is 0 Å². The third-order valence-electron chi connectivity index (χ3n) is 7.43. The number of hydrogen-bond acceptors (Lipinski definition) is 5. The van der Waals surface area contributed by atoms with Crippen molar-refractivity contribution >= 4 is 23.8 Å². The van der Waals surface area contributed by atoms with Crippen LogP contribution in [0.4, 0.5) is 4.79 Å². The average molecular weight is 453 g/mol. The van der Waals surface area contributed by atoms with Gasteiger partial charge in [-0.1, -0.05) is 47.5 Å². The van der Waals surface area contributed by atoms with Crippen molar-refractivity contribution in [2.24, 2.45) is 34.3 Å². The molecule has 10 nitrogen and oxygen atoms in total. The zero-order valence-electron chi connectivity index (χ0n) is 19.4. The zero-order valence-corrected chi connectivity index (χ0v) is 19.4. The molecule has 3 aliphatic rings.